The number of aryl methyl sites for hydroxylation is 3. The Hall–Kier alpha value is -2.79. The van der Waals surface area contributed by atoms with E-state index in [9.17, 15) is 4.79 Å². The lowest BCUT2D eigenvalue weighted by molar-refractivity contribution is 0.0950. The molecule has 0 radical (unpaired) electrons. The van der Waals surface area contributed by atoms with Gasteiger partial charge in [0.25, 0.3) is 5.91 Å². The average Bonchev–Trinajstić information content (AvgIpc) is 3.08. The van der Waals surface area contributed by atoms with Crippen LogP contribution in [0.25, 0.3) is 0 Å². The third-order valence-corrected chi connectivity index (χ3v) is 4.83. The molecule has 1 heterocycles. The van der Waals surface area contributed by atoms with Crippen molar-refractivity contribution in [3.63, 3.8) is 0 Å². The van der Waals surface area contributed by atoms with E-state index in [1.54, 1.807) is 16.8 Å². The fourth-order valence-corrected chi connectivity index (χ4v) is 2.85. The van der Waals surface area contributed by atoms with Gasteiger partial charge in [-0.05, 0) is 60.9 Å². The van der Waals surface area contributed by atoms with Crippen molar-refractivity contribution in [3.05, 3.63) is 81.6 Å². The molecule has 27 heavy (non-hydrogen) atoms. The third kappa shape index (κ3) is 4.89. The maximum Gasteiger partial charge on any atom is 0.251 e. The number of carbonyl (C=O) groups is 1. The fourth-order valence-electron chi connectivity index (χ4n) is 2.74. The lowest BCUT2D eigenvalue weighted by Crippen LogP contribution is -2.23. The van der Waals surface area contributed by atoms with E-state index >= 15 is 0 Å². The minimum Gasteiger partial charge on any atom is -0.489 e. The van der Waals surface area contributed by atoms with Crippen LogP contribution in [-0.4, -0.2) is 15.7 Å². The van der Waals surface area contributed by atoms with E-state index in [1.807, 2.05) is 57.4 Å². The van der Waals surface area contributed by atoms with Crippen molar-refractivity contribution in [2.24, 2.45) is 7.05 Å². The Labute approximate surface area is 163 Å². The van der Waals surface area contributed by atoms with Crippen LogP contribution in [-0.2, 0) is 20.2 Å². The van der Waals surface area contributed by atoms with Crippen LogP contribution in [0.15, 0.2) is 48.7 Å². The van der Waals surface area contributed by atoms with Gasteiger partial charge in [-0.3, -0.25) is 9.48 Å². The van der Waals surface area contributed by atoms with Crippen molar-refractivity contribution < 1.29 is 9.53 Å². The molecule has 6 heteroatoms. The summed E-state index contributed by atoms with van der Waals surface area (Å²) < 4.78 is 7.56. The van der Waals surface area contributed by atoms with Gasteiger partial charge in [0, 0.05) is 23.8 Å². The Bertz CT molecular complexity index is 925. The molecule has 0 aliphatic heterocycles. The molecule has 0 spiro atoms. The van der Waals surface area contributed by atoms with Crippen LogP contribution in [0.3, 0.4) is 0 Å². The lowest BCUT2D eigenvalue weighted by Gasteiger charge is -2.10. The van der Waals surface area contributed by atoms with Crippen molar-refractivity contribution >= 4 is 17.5 Å². The Morgan fingerprint density at radius 2 is 1.81 bits per heavy atom. The first-order chi connectivity index (χ1) is 12.9. The first kappa shape index (κ1) is 19.0. The summed E-state index contributed by atoms with van der Waals surface area (Å²) in [6.07, 6.45) is 1.85. The predicted molar refractivity (Wildman–Crippen MR) is 106 cm³/mol. The number of ether oxygens (including phenoxy) is 1. The van der Waals surface area contributed by atoms with Gasteiger partial charge in [0.05, 0.1) is 12.2 Å². The van der Waals surface area contributed by atoms with Gasteiger partial charge in [0.15, 0.2) is 0 Å². The molecule has 3 aromatic rings. The van der Waals surface area contributed by atoms with Gasteiger partial charge in [-0.15, -0.1) is 0 Å². The zero-order valence-electron chi connectivity index (χ0n) is 15.6. The topological polar surface area (TPSA) is 56.1 Å². The molecule has 0 bridgehead atoms. The summed E-state index contributed by atoms with van der Waals surface area (Å²) in [5.41, 5.74) is 4.40. The number of carbonyl (C=O) groups excluding carboxylic acids is 1. The van der Waals surface area contributed by atoms with E-state index in [2.05, 4.69) is 10.4 Å². The van der Waals surface area contributed by atoms with Crippen LogP contribution in [0, 0.1) is 13.8 Å². The van der Waals surface area contributed by atoms with Gasteiger partial charge in [-0.1, -0.05) is 23.7 Å². The van der Waals surface area contributed by atoms with Gasteiger partial charge in [-0.2, -0.15) is 5.10 Å². The fraction of sp³-hybridized carbons (Fsp3) is 0.238. The first-order valence-corrected chi connectivity index (χ1v) is 9.05. The summed E-state index contributed by atoms with van der Waals surface area (Å²) in [5, 5.41) is 7.87. The molecule has 1 aromatic heterocycles. The molecule has 0 aliphatic rings. The molecule has 140 valence electrons. The van der Waals surface area contributed by atoms with E-state index in [4.69, 9.17) is 16.3 Å². The van der Waals surface area contributed by atoms with E-state index in [0.29, 0.717) is 18.7 Å². The maximum absolute atomic E-state index is 12.2. The molecule has 0 fully saturated rings. The smallest absolute Gasteiger partial charge is 0.251 e. The molecule has 0 unspecified atom stereocenters. The second-order valence-corrected chi connectivity index (χ2v) is 6.90. The van der Waals surface area contributed by atoms with Crippen LogP contribution in [0.4, 0.5) is 0 Å². The highest BCUT2D eigenvalue weighted by Crippen LogP contribution is 2.26. The standard InChI is InChI=1S/C21H22ClN3O2/c1-14-10-19(11-15(2)20(14)22)27-13-16-4-6-17(7-5-16)21(26)23-12-18-8-9-25(3)24-18/h4-11H,12-13H2,1-3H3,(H,23,26). The Kier molecular flexibility index (Phi) is 5.81. The van der Waals surface area contributed by atoms with E-state index in [1.165, 1.54) is 0 Å². The predicted octanol–water partition coefficient (Wildman–Crippen LogP) is 4.20. The minimum atomic E-state index is -0.128. The van der Waals surface area contributed by atoms with Crippen LogP contribution in [0.2, 0.25) is 5.02 Å². The van der Waals surface area contributed by atoms with Crippen molar-refractivity contribution in [2.45, 2.75) is 27.0 Å². The number of nitrogens with one attached hydrogen (secondary N) is 1. The van der Waals surface area contributed by atoms with Gasteiger partial charge < -0.3 is 10.1 Å². The number of benzene rings is 2. The van der Waals surface area contributed by atoms with Crippen molar-refractivity contribution in [1.29, 1.82) is 0 Å². The Balaban J connectivity index is 1.56. The monoisotopic (exact) mass is 383 g/mol. The molecule has 0 saturated heterocycles. The summed E-state index contributed by atoms with van der Waals surface area (Å²) in [7, 11) is 1.85. The summed E-state index contributed by atoms with van der Waals surface area (Å²) in [5.74, 6) is 0.656. The van der Waals surface area contributed by atoms with Crippen molar-refractivity contribution in [2.75, 3.05) is 0 Å². The molecule has 0 atom stereocenters. The highest BCUT2D eigenvalue weighted by molar-refractivity contribution is 6.32. The molecule has 5 nitrogen and oxygen atoms in total. The SMILES string of the molecule is Cc1cc(OCc2ccc(C(=O)NCc3ccn(C)n3)cc2)cc(C)c1Cl. The highest BCUT2D eigenvalue weighted by atomic mass is 35.5. The highest BCUT2D eigenvalue weighted by Gasteiger charge is 2.07. The molecule has 2 aromatic carbocycles. The normalized spacial score (nSPS) is 10.7. The molecule has 0 aliphatic carbocycles. The second-order valence-electron chi connectivity index (χ2n) is 6.52. The number of aromatic nitrogens is 2. The second kappa shape index (κ2) is 8.27. The summed E-state index contributed by atoms with van der Waals surface area (Å²) >= 11 is 6.18. The van der Waals surface area contributed by atoms with Gasteiger partial charge >= 0.3 is 0 Å². The number of halogens is 1. The summed E-state index contributed by atoms with van der Waals surface area (Å²) in [6, 6.07) is 13.1. The molecular weight excluding hydrogens is 362 g/mol. The Morgan fingerprint density at radius 3 is 2.41 bits per heavy atom. The lowest BCUT2D eigenvalue weighted by atomic mass is 10.1. The largest absolute Gasteiger partial charge is 0.489 e. The molecule has 1 N–H and O–H groups in total. The summed E-state index contributed by atoms with van der Waals surface area (Å²) in [6.45, 7) is 4.75. The molecular formula is C21H22ClN3O2. The molecule has 1 amide bonds. The minimum absolute atomic E-state index is 0.128. The first-order valence-electron chi connectivity index (χ1n) is 8.67. The van der Waals surface area contributed by atoms with Gasteiger partial charge in [-0.25, -0.2) is 0 Å². The van der Waals surface area contributed by atoms with Crippen molar-refractivity contribution in [1.82, 2.24) is 15.1 Å². The number of hydrogen-bond donors (Lipinski definition) is 1. The van der Waals surface area contributed by atoms with Crippen LogP contribution < -0.4 is 10.1 Å². The zero-order chi connectivity index (χ0) is 19.4. The zero-order valence-corrected chi connectivity index (χ0v) is 16.4. The maximum atomic E-state index is 12.2. The number of nitrogens with zero attached hydrogens (tertiary/aromatic N) is 2. The Morgan fingerprint density at radius 1 is 1.15 bits per heavy atom. The van der Waals surface area contributed by atoms with E-state index in [-0.39, 0.29) is 5.91 Å². The summed E-state index contributed by atoms with van der Waals surface area (Å²) in [4.78, 5) is 12.2. The van der Waals surface area contributed by atoms with Crippen LogP contribution in [0.1, 0.15) is 32.7 Å². The van der Waals surface area contributed by atoms with E-state index < -0.39 is 0 Å². The number of hydrogen-bond acceptors (Lipinski definition) is 3. The van der Waals surface area contributed by atoms with Crippen molar-refractivity contribution in [3.8, 4) is 5.75 Å². The third-order valence-electron chi connectivity index (χ3n) is 4.23. The number of amides is 1. The van der Waals surface area contributed by atoms with Crippen LogP contribution in [0.5, 0.6) is 5.75 Å². The van der Waals surface area contributed by atoms with Gasteiger partial charge in [0.2, 0.25) is 0 Å². The average molecular weight is 384 g/mol. The van der Waals surface area contributed by atoms with Crippen LogP contribution >= 0.6 is 11.6 Å². The quantitative estimate of drug-likeness (QED) is 0.694. The molecule has 3 rings (SSSR count). The number of rotatable bonds is 6. The van der Waals surface area contributed by atoms with Gasteiger partial charge in [0.1, 0.15) is 12.4 Å². The molecule has 0 saturated carbocycles. The van der Waals surface area contributed by atoms with E-state index in [0.717, 1.165) is 33.2 Å².